The summed E-state index contributed by atoms with van der Waals surface area (Å²) in [5.74, 6) is 5.43. The summed E-state index contributed by atoms with van der Waals surface area (Å²) in [5.41, 5.74) is 2.35. The Morgan fingerprint density at radius 1 is 0.679 bits per heavy atom. The second-order valence-corrected chi connectivity index (χ2v) is 6.94. The van der Waals surface area contributed by atoms with Crippen LogP contribution in [0.5, 0.6) is 0 Å². The summed E-state index contributed by atoms with van der Waals surface area (Å²) in [6.07, 6.45) is 11.3. The van der Waals surface area contributed by atoms with Crippen molar-refractivity contribution in [2.24, 2.45) is 0 Å². The Hall–Kier alpha value is -2.60. The van der Waals surface area contributed by atoms with Gasteiger partial charge in [0.1, 0.15) is 39.4 Å². The van der Waals surface area contributed by atoms with Gasteiger partial charge in [0.25, 0.3) is 0 Å². The van der Waals surface area contributed by atoms with E-state index in [0.717, 1.165) is 36.0 Å². The van der Waals surface area contributed by atoms with Crippen LogP contribution in [-0.2, 0) is 13.1 Å². The molecule has 0 saturated heterocycles. The molecule has 0 aliphatic rings. The van der Waals surface area contributed by atoms with Gasteiger partial charge < -0.3 is 20.0 Å². The first kappa shape index (κ1) is 21.7. The SMILES string of the molecule is C#C[C@H](CO)[NH+](CC[NH+](Cc1ccccc1)[C@@H](C#C)CO)Cc1ccccc1. The molecule has 0 aliphatic heterocycles. The standard InChI is InChI=1S/C24H28N2O2/c1-3-23(19-27)25(17-21-11-7-5-8-12-21)15-16-26(24(4-2)20-28)18-22-13-9-6-10-14-22/h1-2,5-14,23-24,27-28H,15-20H2/p+2/t23-,24+. The molecular formula is C24H30N2O2+2. The van der Waals surface area contributed by atoms with Crippen LogP contribution in [-0.4, -0.2) is 48.6 Å². The van der Waals surface area contributed by atoms with Crippen LogP contribution in [0.2, 0.25) is 0 Å². The number of benzene rings is 2. The van der Waals surface area contributed by atoms with E-state index >= 15 is 0 Å². The van der Waals surface area contributed by atoms with E-state index in [0.29, 0.717) is 0 Å². The van der Waals surface area contributed by atoms with Crippen LogP contribution in [0.1, 0.15) is 11.1 Å². The predicted octanol–water partition coefficient (Wildman–Crippen LogP) is -0.855. The fraction of sp³-hybridized carbons (Fsp3) is 0.333. The zero-order chi connectivity index (χ0) is 20.2. The highest BCUT2D eigenvalue weighted by Crippen LogP contribution is 1.97. The maximum Gasteiger partial charge on any atom is 0.172 e. The second-order valence-electron chi connectivity index (χ2n) is 6.94. The minimum atomic E-state index is -0.281. The average molecular weight is 379 g/mol. The van der Waals surface area contributed by atoms with Crippen LogP contribution in [0.25, 0.3) is 0 Å². The second kappa shape index (κ2) is 12.0. The van der Waals surface area contributed by atoms with Crippen LogP contribution in [0.15, 0.2) is 60.7 Å². The lowest BCUT2D eigenvalue weighted by Gasteiger charge is -2.28. The molecule has 28 heavy (non-hydrogen) atoms. The van der Waals surface area contributed by atoms with Crippen molar-refractivity contribution in [3.05, 3.63) is 71.8 Å². The summed E-state index contributed by atoms with van der Waals surface area (Å²) >= 11 is 0. The summed E-state index contributed by atoms with van der Waals surface area (Å²) in [6.45, 7) is 2.81. The molecule has 0 amide bonds. The third-order valence-corrected chi connectivity index (χ3v) is 5.07. The Kier molecular flexibility index (Phi) is 9.28. The Labute approximate surface area is 168 Å². The van der Waals surface area contributed by atoms with Crippen molar-refractivity contribution in [1.82, 2.24) is 0 Å². The van der Waals surface area contributed by atoms with Crippen LogP contribution in [0.3, 0.4) is 0 Å². The first-order valence-corrected chi connectivity index (χ1v) is 9.62. The minimum Gasteiger partial charge on any atom is -0.389 e. The summed E-state index contributed by atoms with van der Waals surface area (Å²) in [4.78, 5) is 2.24. The molecule has 0 radical (unpaired) electrons. The maximum absolute atomic E-state index is 9.73. The van der Waals surface area contributed by atoms with Gasteiger partial charge in [0, 0.05) is 11.1 Å². The fourth-order valence-electron chi connectivity index (χ4n) is 3.41. The van der Waals surface area contributed by atoms with Gasteiger partial charge in [-0.2, -0.15) is 0 Å². The molecule has 0 aromatic heterocycles. The van der Waals surface area contributed by atoms with Gasteiger partial charge in [-0.25, -0.2) is 0 Å². The van der Waals surface area contributed by atoms with Crippen molar-refractivity contribution in [2.75, 3.05) is 26.3 Å². The summed E-state index contributed by atoms with van der Waals surface area (Å²) in [7, 11) is 0. The number of hydrogen-bond acceptors (Lipinski definition) is 2. The zero-order valence-electron chi connectivity index (χ0n) is 16.2. The first-order valence-electron chi connectivity index (χ1n) is 9.62. The highest BCUT2D eigenvalue weighted by atomic mass is 16.3. The van der Waals surface area contributed by atoms with Crippen molar-refractivity contribution in [1.29, 1.82) is 0 Å². The molecule has 2 aromatic carbocycles. The molecule has 0 saturated carbocycles. The van der Waals surface area contributed by atoms with Gasteiger partial charge in [-0.3, -0.25) is 0 Å². The third-order valence-electron chi connectivity index (χ3n) is 5.07. The lowest BCUT2D eigenvalue weighted by atomic mass is 10.1. The van der Waals surface area contributed by atoms with Gasteiger partial charge in [-0.15, -0.1) is 12.8 Å². The summed E-state index contributed by atoms with van der Waals surface area (Å²) < 4.78 is 0. The summed E-state index contributed by atoms with van der Waals surface area (Å²) in [6, 6.07) is 19.7. The first-order chi connectivity index (χ1) is 13.7. The van der Waals surface area contributed by atoms with E-state index < -0.39 is 0 Å². The monoisotopic (exact) mass is 378 g/mol. The Bertz CT molecular complexity index is 697. The minimum absolute atomic E-state index is 0.0642. The topological polar surface area (TPSA) is 49.3 Å². The molecule has 146 valence electrons. The number of terminal acetylenes is 2. The molecule has 4 atom stereocenters. The largest absolute Gasteiger partial charge is 0.389 e. The Morgan fingerprint density at radius 3 is 1.32 bits per heavy atom. The van der Waals surface area contributed by atoms with Crippen molar-refractivity contribution >= 4 is 0 Å². The smallest absolute Gasteiger partial charge is 0.172 e. The zero-order valence-corrected chi connectivity index (χ0v) is 16.2. The number of nitrogens with one attached hydrogen (secondary N) is 2. The molecule has 0 aliphatic carbocycles. The molecule has 0 heterocycles. The van der Waals surface area contributed by atoms with E-state index in [2.05, 4.69) is 36.1 Å². The van der Waals surface area contributed by atoms with E-state index in [1.54, 1.807) is 0 Å². The van der Waals surface area contributed by atoms with E-state index in [9.17, 15) is 10.2 Å². The van der Waals surface area contributed by atoms with Gasteiger partial charge in [0.05, 0.1) is 0 Å². The van der Waals surface area contributed by atoms with Crippen molar-refractivity contribution in [3.63, 3.8) is 0 Å². The van der Waals surface area contributed by atoms with E-state index in [1.165, 1.54) is 11.1 Å². The van der Waals surface area contributed by atoms with E-state index in [1.807, 2.05) is 36.4 Å². The lowest BCUT2D eigenvalue weighted by molar-refractivity contribution is -0.986. The quantitative estimate of drug-likeness (QED) is 0.385. The van der Waals surface area contributed by atoms with Crippen molar-refractivity contribution < 1.29 is 20.0 Å². The molecule has 4 N–H and O–H groups in total. The molecule has 0 fully saturated rings. The Morgan fingerprint density at radius 2 is 1.04 bits per heavy atom. The van der Waals surface area contributed by atoms with Gasteiger partial charge in [-0.1, -0.05) is 60.7 Å². The predicted molar refractivity (Wildman–Crippen MR) is 111 cm³/mol. The number of hydrogen-bond donors (Lipinski definition) is 4. The van der Waals surface area contributed by atoms with Crippen molar-refractivity contribution in [2.45, 2.75) is 25.2 Å². The Balaban J connectivity index is 2.13. The number of aliphatic hydroxyl groups excluding tert-OH is 2. The normalized spacial score (nSPS) is 15.0. The molecule has 0 bridgehead atoms. The molecule has 2 rings (SSSR count). The van der Waals surface area contributed by atoms with Gasteiger partial charge in [0.15, 0.2) is 12.1 Å². The summed E-state index contributed by atoms with van der Waals surface area (Å²) in [5, 5.41) is 19.5. The van der Waals surface area contributed by atoms with E-state index in [-0.39, 0.29) is 25.3 Å². The molecular weight excluding hydrogens is 348 g/mol. The fourth-order valence-corrected chi connectivity index (χ4v) is 3.41. The van der Waals surface area contributed by atoms with Gasteiger partial charge in [-0.05, 0) is 11.8 Å². The number of aliphatic hydroxyl groups is 2. The molecule has 2 unspecified atom stereocenters. The van der Waals surface area contributed by atoms with Crippen LogP contribution in [0.4, 0.5) is 0 Å². The number of rotatable bonds is 11. The maximum atomic E-state index is 9.73. The molecule has 0 spiro atoms. The number of quaternary nitrogens is 2. The molecule has 4 heteroatoms. The average Bonchev–Trinajstić information content (AvgIpc) is 2.74. The molecule has 4 nitrogen and oxygen atoms in total. The highest BCUT2D eigenvalue weighted by Gasteiger charge is 2.25. The van der Waals surface area contributed by atoms with Crippen LogP contribution >= 0.6 is 0 Å². The molecule has 2 aromatic rings. The van der Waals surface area contributed by atoms with Gasteiger partial charge in [0.2, 0.25) is 0 Å². The van der Waals surface area contributed by atoms with Gasteiger partial charge >= 0.3 is 0 Å². The van der Waals surface area contributed by atoms with Crippen LogP contribution < -0.4 is 9.80 Å². The lowest BCUT2D eigenvalue weighted by Crippen LogP contribution is -3.23. The van der Waals surface area contributed by atoms with Crippen LogP contribution in [0, 0.1) is 24.7 Å². The third kappa shape index (κ3) is 6.53. The highest BCUT2D eigenvalue weighted by molar-refractivity contribution is 5.14. The van der Waals surface area contributed by atoms with E-state index in [4.69, 9.17) is 12.8 Å². The van der Waals surface area contributed by atoms with Crippen molar-refractivity contribution in [3.8, 4) is 24.7 Å².